The highest BCUT2D eigenvalue weighted by Crippen LogP contribution is 2.16. The molecule has 80 valence electrons. The van der Waals surface area contributed by atoms with Crippen LogP contribution in [-0.4, -0.2) is 25.7 Å². The van der Waals surface area contributed by atoms with Crippen LogP contribution in [0, 0.1) is 0 Å². The van der Waals surface area contributed by atoms with Gasteiger partial charge >= 0.3 is 0 Å². The fourth-order valence-electron chi connectivity index (χ4n) is 1.20. The van der Waals surface area contributed by atoms with Crippen LogP contribution in [0.5, 0.6) is 0 Å². The topological polar surface area (TPSA) is 81.7 Å². The summed E-state index contributed by atoms with van der Waals surface area (Å²) in [6.45, 7) is 0.800. The second-order valence-electron chi connectivity index (χ2n) is 3.15. The Morgan fingerprint density at radius 1 is 1.60 bits per heavy atom. The largest absolute Gasteiger partial charge is 0.383 e. The quantitative estimate of drug-likeness (QED) is 0.790. The van der Waals surface area contributed by atoms with E-state index in [0.29, 0.717) is 5.82 Å². The maximum atomic E-state index is 5.50. The summed E-state index contributed by atoms with van der Waals surface area (Å²) in [5.41, 5.74) is 5.50. The van der Waals surface area contributed by atoms with Gasteiger partial charge in [-0.25, -0.2) is 0 Å². The number of aromatic nitrogens is 4. The second-order valence-corrected chi connectivity index (χ2v) is 3.96. The predicted molar refractivity (Wildman–Crippen MR) is 59.7 cm³/mol. The maximum Gasteiger partial charge on any atom is 0.139 e. The maximum absolute atomic E-state index is 5.50. The molecule has 0 saturated carbocycles. The molecule has 0 bridgehead atoms. The average Bonchev–Trinajstić information content (AvgIpc) is 2.77. The van der Waals surface area contributed by atoms with Gasteiger partial charge in [-0.1, -0.05) is 0 Å². The summed E-state index contributed by atoms with van der Waals surface area (Å²) >= 11 is 1.36. The molecule has 0 aliphatic heterocycles. The summed E-state index contributed by atoms with van der Waals surface area (Å²) in [5, 5.41) is 12.0. The molecule has 0 aromatic carbocycles. The van der Waals surface area contributed by atoms with Crippen molar-refractivity contribution in [1.29, 1.82) is 0 Å². The molecule has 2 rings (SSSR count). The highest BCUT2D eigenvalue weighted by molar-refractivity contribution is 7.10. The smallest absolute Gasteiger partial charge is 0.139 e. The lowest BCUT2D eigenvalue weighted by molar-refractivity contribution is 0.789. The molecule has 0 unspecified atom stereocenters. The van der Waals surface area contributed by atoms with Crippen molar-refractivity contribution in [3.8, 4) is 0 Å². The predicted octanol–water partition coefficient (Wildman–Crippen LogP) is 0.508. The summed E-state index contributed by atoms with van der Waals surface area (Å²) < 4.78 is 5.88. The van der Waals surface area contributed by atoms with Crippen molar-refractivity contribution in [3.63, 3.8) is 0 Å². The SMILES string of the molecule is Cn1cnnc1CCNc1cc(N)ns1. The van der Waals surface area contributed by atoms with Gasteiger partial charge in [-0.3, -0.25) is 0 Å². The molecule has 0 spiro atoms. The number of aryl methyl sites for hydroxylation is 1. The van der Waals surface area contributed by atoms with E-state index in [0.717, 1.165) is 23.8 Å². The van der Waals surface area contributed by atoms with Crippen molar-refractivity contribution in [2.45, 2.75) is 6.42 Å². The Kier molecular flexibility index (Phi) is 2.82. The molecule has 6 nitrogen and oxygen atoms in total. The average molecular weight is 224 g/mol. The van der Waals surface area contributed by atoms with Gasteiger partial charge in [-0.2, -0.15) is 4.37 Å². The molecular formula is C8H12N6S. The Balaban J connectivity index is 1.83. The van der Waals surface area contributed by atoms with Gasteiger partial charge in [-0.05, 0) is 11.5 Å². The van der Waals surface area contributed by atoms with E-state index >= 15 is 0 Å². The molecule has 2 heterocycles. The standard InChI is InChI=1S/C8H12N6S/c1-14-5-11-12-7(14)2-3-10-8-4-6(9)13-15-8/h4-5,10H,2-3H2,1H3,(H2,9,13). The zero-order valence-corrected chi connectivity index (χ0v) is 9.16. The lowest BCUT2D eigenvalue weighted by Gasteiger charge is -2.01. The molecule has 3 N–H and O–H groups in total. The highest BCUT2D eigenvalue weighted by atomic mass is 32.1. The zero-order chi connectivity index (χ0) is 10.7. The molecule has 0 aliphatic carbocycles. The summed E-state index contributed by atoms with van der Waals surface area (Å²) in [5.74, 6) is 1.51. The van der Waals surface area contributed by atoms with Crippen LogP contribution in [0.1, 0.15) is 5.82 Å². The Hall–Kier alpha value is -1.63. The number of nitrogens with two attached hydrogens (primary N) is 1. The number of rotatable bonds is 4. The Morgan fingerprint density at radius 3 is 3.07 bits per heavy atom. The zero-order valence-electron chi connectivity index (χ0n) is 8.34. The first kappa shape index (κ1) is 9.91. The Labute approximate surface area is 91.3 Å². The first-order valence-electron chi connectivity index (χ1n) is 4.54. The van der Waals surface area contributed by atoms with Gasteiger partial charge in [-0.15, -0.1) is 10.2 Å². The van der Waals surface area contributed by atoms with Crippen LogP contribution in [0.2, 0.25) is 0 Å². The molecule has 0 radical (unpaired) electrons. The van der Waals surface area contributed by atoms with Crippen LogP contribution in [0.15, 0.2) is 12.4 Å². The van der Waals surface area contributed by atoms with E-state index in [4.69, 9.17) is 5.73 Å². The third kappa shape index (κ3) is 2.44. The number of anilines is 2. The number of nitrogens with zero attached hydrogens (tertiary/aromatic N) is 4. The summed E-state index contributed by atoms with van der Waals surface area (Å²) in [7, 11) is 1.93. The van der Waals surface area contributed by atoms with E-state index in [1.165, 1.54) is 11.5 Å². The normalized spacial score (nSPS) is 10.5. The van der Waals surface area contributed by atoms with E-state index in [1.807, 2.05) is 17.7 Å². The fraction of sp³-hybridized carbons (Fsp3) is 0.375. The van der Waals surface area contributed by atoms with Crippen LogP contribution in [0.25, 0.3) is 0 Å². The van der Waals surface area contributed by atoms with Crippen molar-refractivity contribution in [2.24, 2.45) is 7.05 Å². The van der Waals surface area contributed by atoms with Crippen molar-refractivity contribution in [1.82, 2.24) is 19.1 Å². The highest BCUT2D eigenvalue weighted by Gasteiger charge is 2.01. The Bertz CT molecular complexity index is 434. The molecule has 0 atom stereocenters. The minimum absolute atomic E-state index is 0.557. The molecular weight excluding hydrogens is 212 g/mol. The number of hydrogen-bond donors (Lipinski definition) is 2. The third-order valence-electron chi connectivity index (χ3n) is 1.98. The number of nitrogens with one attached hydrogen (secondary N) is 1. The molecule has 0 fully saturated rings. The van der Waals surface area contributed by atoms with Crippen LogP contribution in [-0.2, 0) is 13.5 Å². The van der Waals surface area contributed by atoms with Gasteiger partial charge in [0, 0.05) is 26.1 Å². The van der Waals surface area contributed by atoms with E-state index in [1.54, 1.807) is 6.33 Å². The monoisotopic (exact) mass is 224 g/mol. The third-order valence-corrected chi connectivity index (χ3v) is 2.74. The molecule has 0 aliphatic rings. The van der Waals surface area contributed by atoms with Gasteiger partial charge in [0.05, 0.1) is 0 Å². The lowest BCUT2D eigenvalue weighted by atomic mass is 10.4. The van der Waals surface area contributed by atoms with E-state index in [9.17, 15) is 0 Å². The van der Waals surface area contributed by atoms with E-state index < -0.39 is 0 Å². The lowest BCUT2D eigenvalue weighted by Crippen LogP contribution is -2.07. The summed E-state index contributed by atoms with van der Waals surface area (Å²) in [6, 6.07) is 1.82. The number of nitrogen functional groups attached to an aromatic ring is 1. The first-order chi connectivity index (χ1) is 7.25. The minimum atomic E-state index is 0.557. The minimum Gasteiger partial charge on any atom is -0.383 e. The van der Waals surface area contributed by atoms with Crippen LogP contribution >= 0.6 is 11.5 Å². The molecule has 2 aromatic heterocycles. The van der Waals surface area contributed by atoms with Crippen molar-refractivity contribution >= 4 is 22.4 Å². The molecule has 7 heteroatoms. The summed E-state index contributed by atoms with van der Waals surface area (Å²) in [4.78, 5) is 0. The molecule has 15 heavy (non-hydrogen) atoms. The first-order valence-corrected chi connectivity index (χ1v) is 5.32. The van der Waals surface area contributed by atoms with Gasteiger partial charge in [0.1, 0.15) is 23.0 Å². The van der Waals surface area contributed by atoms with E-state index in [2.05, 4.69) is 19.9 Å². The molecule has 0 amide bonds. The Morgan fingerprint density at radius 2 is 2.47 bits per heavy atom. The van der Waals surface area contributed by atoms with Gasteiger partial charge < -0.3 is 15.6 Å². The van der Waals surface area contributed by atoms with Crippen molar-refractivity contribution in [3.05, 3.63) is 18.2 Å². The van der Waals surface area contributed by atoms with Crippen LogP contribution in [0.4, 0.5) is 10.8 Å². The van der Waals surface area contributed by atoms with Crippen molar-refractivity contribution < 1.29 is 0 Å². The fourth-order valence-corrected chi connectivity index (χ4v) is 1.80. The van der Waals surface area contributed by atoms with E-state index in [-0.39, 0.29) is 0 Å². The van der Waals surface area contributed by atoms with Gasteiger partial charge in [0.15, 0.2) is 0 Å². The molecule has 2 aromatic rings. The van der Waals surface area contributed by atoms with Crippen LogP contribution in [0.3, 0.4) is 0 Å². The number of hydrogen-bond acceptors (Lipinski definition) is 6. The molecule has 0 saturated heterocycles. The van der Waals surface area contributed by atoms with Gasteiger partial charge in [0.2, 0.25) is 0 Å². The van der Waals surface area contributed by atoms with Crippen LogP contribution < -0.4 is 11.1 Å². The van der Waals surface area contributed by atoms with Crippen molar-refractivity contribution in [2.75, 3.05) is 17.6 Å². The second kappa shape index (κ2) is 4.26. The van der Waals surface area contributed by atoms with Gasteiger partial charge in [0.25, 0.3) is 0 Å². The summed E-state index contributed by atoms with van der Waals surface area (Å²) in [6.07, 6.45) is 2.52.